The topological polar surface area (TPSA) is 182 Å². The molecule has 0 aliphatic carbocycles. The first kappa shape index (κ1) is 33.8. The summed E-state index contributed by atoms with van der Waals surface area (Å²) in [6, 6.07) is -0.279. The van der Waals surface area contributed by atoms with Crippen LogP contribution in [0.1, 0.15) is 61.3 Å². The smallest absolute Gasteiger partial charge is 0.311 e. The Kier molecular flexibility index (Phi) is 11.3. The van der Waals surface area contributed by atoms with Crippen LogP contribution in [0.2, 0.25) is 0 Å². The van der Waals surface area contributed by atoms with E-state index in [-0.39, 0.29) is 24.3 Å². The zero-order valence-corrected chi connectivity index (χ0v) is 24.7. The van der Waals surface area contributed by atoms with Crippen molar-refractivity contribution in [2.24, 2.45) is 28.8 Å². The number of hydrogen-bond donors (Lipinski definition) is 6. The minimum atomic E-state index is -1.88. The van der Waals surface area contributed by atoms with Gasteiger partial charge in [0.2, 0.25) is 0 Å². The highest BCUT2D eigenvalue weighted by atomic mass is 16.7. The van der Waals surface area contributed by atoms with Gasteiger partial charge in [-0.25, -0.2) is 0 Å². The number of aliphatic hydroxyl groups is 5. The molecule has 0 spiro atoms. The Bertz CT molecular complexity index is 850. The molecule has 2 rings (SSSR count). The van der Waals surface area contributed by atoms with Crippen molar-refractivity contribution in [3.8, 4) is 0 Å². The summed E-state index contributed by atoms with van der Waals surface area (Å²) < 4.78 is 17.5. The summed E-state index contributed by atoms with van der Waals surface area (Å²) in [5, 5.41) is 69.1. The third kappa shape index (κ3) is 7.68. The van der Waals surface area contributed by atoms with E-state index in [1.807, 2.05) is 25.9 Å². The number of oxime groups is 1. The van der Waals surface area contributed by atoms with Crippen molar-refractivity contribution >= 4 is 11.7 Å². The van der Waals surface area contributed by atoms with Crippen LogP contribution in [0, 0.1) is 23.7 Å². The zero-order chi connectivity index (χ0) is 30.0. The zero-order valence-electron chi connectivity index (χ0n) is 24.7. The van der Waals surface area contributed by atoms with Gasteiger partial charge in [-0.15, -0.1) is 0 Å². The monoisotopic (exact) mass is 562 g/mol. The Hall–Kier alpha value is -1.38. The average molecular weight is 563 g/mol. The average Bonchev–Trinajstić information content (AvgIpc) is 2.84. The predicted molar refractivity (Wildman–Crippen MR) is 142 cm³/mol. The number of likely N-dealkylation sites (N-methyl/N-ethyl adjacent to an activating group) is 1. The van der Waals surface area contributed by atoms with Gasteiger partial charge in [0.15, 0.2) is 6.29 Å². The SMILES string of the molecule is CC1CC(N(C)C)[C@@H](O)C(O[C@@H]2[C@@H](C)[C@H](O)C(C)C(=O)OC[C@@](C)(O)C(O)C(C)/C(=N\O)[C@H](C)C[C@@]2(C)O)O1. The third-order valence-corrected chi connectivity index (χ3v) is 8.49. The maximum absolute atomic E-state index is 12.8. The fraction of sp³-hybridized carbons (Fsp3) is 0.926. The lowest BCUT2D eigenvalue weighted by Gasteiger charge is -2.47. The molecule has 0 aromatic carbocycles. The summed E-state index contributed by atoms with van der Waals surface area (Å²) in [4.78, 5) is 14.7. The van der Waals surface area contributed by atoms with E-state index in [1.54, 1.807) is 20.8 Å². The van der Waals surface area contributed by atoms with Gasteiger partial charge in [0, 0.05) is 23.8 Å². The van der Waals surface area contributed by atoms with Gasteiger partial charge in [-0.05, 0) is 54.6 Å². The van der Waals surface area contributed by atoms with Crippen LogP contribution in [0.4, 0.5) is 0 Å². The summed E-state index contributed by atoms with van der Waals surface area (Å²) in [5.74, 6) is -4.24. The normalized spacial score (nSPS) is 48.5. The van der Waals surface area contributed by atoms with Crippen LogP contribution < -0.4 is 0 Å². The molecule has 6 N–H and O–H groups in total. The lowest BCUT2D eigenvalue weighted by molar-refractivity contribution is -0.298. The van der Waals surface area contributed by atoms with Crippen molar-refractivity contribution in [2.75, 3.05) is 20.7 Å². The molecule has 12 heteroatoms. The highest BCUT2D eigenvalue weighted by molar-refractivity contribution is 5.88. The molecule has 2 aliphatic heterocycles. The van der Waals surface area contributed by atoms with E-state index < -0.39 is 78.2 Å². The van der Waals surface area contributed by atoms with Crippen molar-refractivity contribution in [1.82, 2.24) is 4.90 Å². The number of carbonyl (C=O) groups excluding carboxylic acids is 1. The molecule has 12 nitrogen and oxygen atoms in total. The van der Waals surface area contributed by atoms with E-state index in [0.717, 1.165) is 0 Å². The second kappa shape index (κ2) is 13.1. The minimum Gasteiger partial charge on any atom is -0.462 e. The van der Waals surface area contributed by atoms with Gasteiger partial charge in [0.1, 0.15) is 18.3 Å². The van der Waals surface area contributed by atoms with Crippen molar-refractivity contribution in [1.29, 1.82) is 0 Å². The van der Waals surface area contributed by atoms with Gasteiger partial charge < -0.3 is 49.9 Å². The molecule has 0 saturated carbocycles. The molecule has 13 atom stereocenters. The third-order valence-electron chi connectivity index (χ3n) is 8.49. The lowest BCUT2D eigenvalue weighted by atomic mass is 9.74. The number of hydrogen-bond acceptors (Lipinski definition) is 12. The number of carbonyl (C=O) groups is 1. The maximum Gasteiger partial charge on any atom is 0.311 e. The number of cyclic esters (lactones) is 1. The largest absolute Gasteiger partial charge is 0.462 e. The maximum atomic E-state index is 12.8. The molecule has 39 heavy (non-hydrogen) atoms. The van der Waals surface area contributed by atoms with E-state index in [2.05, 4.69) is 5.16 Å². The first-order chi connectivity index (χ1) is 17.8. The van der Waals surface area contributed by atoms with Gasteiger partial charge in [0.05, 0.1) is 41.6 Å². The molecule has 0 aromatic rings. The molecule has 2 aliphatic rings. The number of nitrogens with zero attached hydrogens (tertiary/aromatic N) is 2. The molecule has 228 valence electrons. The van der Waals surface area contributed by atoms with Gasteiger partial charge in [-0.3, -0.25) is 4.79 Å². The summed E-state index contributed by atoms with van der Waals surface area (Å²) in [6.45, 7) is 10.4. The highest BCUT2D eigenvalue weighted by Gasteiger charge is 2.49. The van der Waals surface area contributed by atoms with Gasteiger partial charge in [-0.1, -0.05) is 25.9 Å². The Morgan fingerprint density at radius 1 is 0.974 bits per heavy atom. The van der Waals surface area contributed by atoms with E-state index in [4.69, 9.17) is 14.2 Å². The highest BCUT2D eigenvalue weighted by Crippen LogP contribution is 2.37. The van der Waals surface area contributed by atoms with Gasteiger partial charge >= 0.3 is 5.97 Å². The Balaban J connectivity index is 2.53. The first-order valence-corrected chi connectivity index (χ1v) is 13.7. The Morgan fingerprint density at radius 3 is 2.10 bits per heavy atom. The van der Waals surface area contributed by atoms with Gasteiger partial charge in [0.25, 0.3) is 0 Å². The van der Waals surface area contributed by atoms with Crippen LogP contribution in [0.3, 0.4) is 0 Å². The van der Waals surface area contributed by atoms with Crippen molar-refractivity contribution in [2.45, 2.75) is 115 Å². The molecular formula is C27H50N2O10. The van der Waals surface area contributed by atoms with Crippen molar-refractivity contribution in [3.63, 3.8) is 0 Å². The molecular weight excluding hydrogens is 512 g/mol. The quantitative estimate of drug-likeness (QED) is 0.159. The van der Waals surface area contributed by atoms with Crippen LogP contribution in [-0.2, 0) is 19.0 Å². The molecule has 6 unspecified atom stereocenters. The van der Waals surface area contributed by atoms with Crippen LogP contribution in [0.25, 0.3) is 0 Å². The van der Waals surface area contributed by atoms with E-state index in [1.165, 1.54) is 20.8 Å². The van der Waals surface area contributed by atoms with Crippen LogP contribution in [0.5, 0.6) is 0 Å². The predicted octanol–water partition coefficient (Wildman–Crippen LogP) is 0.343. The van der Waals surface area contributed by atoms with Crippen molar-refractivity contribution in [3.05, 3.63) is 0 Å². The number of esters is 1. The Labute approximate surface area is 231 Å². The minimum absolute atomic E-state index is 0.0401. The molecule has 0 radical (unpaired) electrons. The number of rotatable bonds is 3. The van der Waals surface area contributed by atoms with Gasteiger partial charge in [-0.2, -0.15) is 0 Å². The van der Waals surface area contributed by atoms with Crippen LogP contribution in [-0.4, -0.2) is 122 Å². The summed E-state index contributed by atoms with van der Waals surface area (Å²) in [6.07, 6.45) is -5.91. The lowest BCUT2D eigenvalue weighted by Crippen LogP contribution is -2.59. The second-order valence-corrected chi connectivity index (χ2v) is 12.5. The molecule has 2 saturated heterocycles. The number of aliphatic hydroxyl groups excluding tert-OH is 3. The molecule has 0 amide bonds. The fourth-order valence-electron chi connectivity index (χ4n) is 6.02. The molecule has 0 aromatic heterocycles. The molecule has 0 bridgehead atoms. The first-order valence-electron chi connectivity index (χ1n) is 13.7. The van der Waals surface area contributed by atoms with Crippen LogP contribution >= 0.6 is 0 Å². The standard InChI is InChI=1S/C27H50N2O10/c1-13-11-26(6,34)23(39-25-21(31)18(29(8)9)10-14(2)38-25)16(4)20(30)17(5)24(33)37-12-27(7,35)22(32)15(3)19(13)28-36/h13-18,20-23,25,30-32,34-36H,10-12H2,1-9H3/b28-19-/t13-,14?,15?,16+,17?,18?,20+,21-,22?,23-,25?,26-,27-/m1/s1. The molecule has 2 heterocycles. The second-order valence-electron chi connectivity index (χ2n) is 12.5. The molecule has 2 fully saturated rings. The van der Waals surface area contributed by atoms with E-state index in [9.17, 15) is 35.5 Å². The van der Waals surface area contributed by atoms with E-state index >= 15 is 0 Å². The Morgan fingerprint density at radius 2 is 1.56 bits per heavy atom. The summed E-state index contributed by atoms with van der Waals surface area (Å²) >= 11 is 0. The van der Waals surface area contributed by atoms with E-state index in [0.29, 0.717) is 6.42 Å². The van der Waals surface area contributed by atoms with Crippen molar-refractivity contribution < 1.29 is 49.7 Å². The van der Waals surface area contributed by atoms with Crippen LogP contribution in [0.15, 0.2) is 5.16 Å². The fourth-order valence-corrected chi connectivity index (χ4v) is 6.02. The number of ether oxygens (including phenoxy) is 3. The summed E-state index contributed by atoms with van der Waals surface area (Å²) in [7, 11) is 3.68. The summed E-state index contributed by atoms with van der Waals surface area (Å²) in [5.41, 5.74) is -3.47.